The van der Waals surface area contributed by atoms with Crippen molar-refractivity contribution >= 4 is 28.0 Å². The molecule has 0 heterocycles. The van der Waals surface area contributed by atoms with Crippen molar-refractivity contribution in [1.29, 1.82) is 0 Å². The molecule has 172 valence electrons. The van der Waals surface area contributed by atoms with Crippen molar-refractivity contribution in [1.82, 2.24) is 15.4 Å². The Morgan fingerprint density at radius 3 is 2.16 bits per heavy atom. The number of benzene rings is 2. The van der Waals surface area contributed by atoms with Crippen LogP contribution in [0.5, 0.6) is 0 Å². The van der Waals surface area contributed by atoms with Crippen LogP contribution >= 0.6 is 0 Å². The van der Waals surface area contributed by atoms with Crippen LogP contribution in [0.3, 0.4) is 0 Å². The summed E-state index contributed by atoms with van der Waals surface area (Å²) < 4.78 is 37.1. The van der Waals surface area contributed by atoms with E-state index in [4.69, 9.17) is 9.47 Å². The van der Waals surface area contributed by atoms with Crippen molar-refractivity contribution < 1.29 is 32.3 Å². The van der Waals surface area contributed by atoms with Crippen LogP contribution in [0.1, 0.15) is 12.5 Å². The van der Waals surface area contributed by atoms with Gasteiger partial charge in [-0.2, -0.15) is 4.72 Å². The average Bonchev–Trinajstić information content (AvgIpc) is 2.80. The lowest BCUT2D eigenvalue weighted by Gasteiger charge is -2.18. The largest absolute Gasteiger partial charge is 0.465 e. The van der Waals surface area contributed by atoms with E-state index >= 15 is 0 Å². The number of carbonyl (C=O) groups is 3. The van der Waals surface area contributed by atoms with Crippen molar-refractivity contribution in [3.8, 4) is 0 Å². The lowest BCUT2D eigenvalue weighted by atomic mass is 10.2. The van der Waals surface area contributed by atoms with Gasteiger partial charge in [0, 0.05) is 6.54 Å². The summed E-state index contributed by atoms with van der Waals surface area (Å²) in [6.07, 6.45) is -0.796. The third kappa shape index (κ3) is 8.36. The fourth-order valence-electron chi connectivity index (χ4n) is 2.48. The molecule has 0 bridgehead atoms. The third-order valence-corrected chi connectivity index (χ3v) is 5.52. The fourth-order valence-corrected chi connectivity index (χ4v) is 3.68. The number of sulfonamides is 1. The molecular weight excluding hydrogens is 438 g/mol. The molecule has 0 aliphatic heterocycles. The highest BCUT2D eigenvalue weighted by Gasteiger charge is 2.27. The average molecular weight is 464 g/mol. The first-order valence-electron chi connectivity index (χ1n) is 9.77. The second kappa shape index (κ2) is 12.4. The van der Waals surface area contributed by atoms with E-state index in [0.717, 1.165) is 5.56 Å². The summed E-state index contributed by atoms with van der Waals surface area (Å²) in [5.74, 6) is -1.49. The Balaban J connectivity index is 1.85. The molecule has 0 aromatic heterocycles. The van der Waals surface area contributed by atoms with Gasteiger partial charge in [0.1, 0.15) is 12.6 Å². The number of alkyl carbamates (subject to hydrolysis) is 1. The second-order valence-electron chi connectivity index (χ2n) is 6.46. The van der Waals surface area contributed by atoms with Crippen LogP contribution in [0.4, 0.5) is 4.79 Å². The van der Waals surface area contributed by atoms with Crippen LogP contribution in [-0.2, 0) is 35.7 Å². The van der Waals surface area contributed by atoms with Gasteiger partial charge in [0.2, 0.25) is 15.9 Å². The van der Waals surface area contributed by atoms with Crippen LogP contribution < -0.4 is 15.4 Å². The van der Waals surface area contributed by atoms with Crippen molar-refractivity contribution in [2.75, 3.05) is 19.7 Å². The summed E-state index contributed by atoms with van der Waals surface area (Å²) >= 11 is 0. The molecule has 11 heteroatoms. The molecule has 3 N–H and O–H groups in total. The molecule has 2 aromatic carbocycles. The minimum Gasteiger partial charge on any atom is -0.465 e. The SMILES string of the molecule is CCOC(=O)[C@H](CNC(=O)CNC(=O)OCc1ccccc1)NS(=O)(=O)c1ccccc1. The number of hydrogen-bond acceptors (Lipinski definition) is 7. The Hall–Kier alpha value is -3.44. The normalized spacial score (nSPS) is 11.8. The zero-order valence-corrected chi connectivity index (χ0v) is 18.3. The monoisotopic (exact) mass is 463 g/mol. The summed E-state index contributed by atoms with van der Waals surface area (Å²) in [5, 5.41) is 4.67. The smallest absolute Gasteiger partial charge is 0.407 e. The van der Waals surface area contributed by atoms with Gasteiger partial charge in [-0.05, 0) is 24.6 Å². The number of ether oxygens (including phenoxy) is 2. The number of rotatable bonds is 11. The number of nitrogens with one attached hydrogen (secondary N) is 3. The highest BCUT2D eigenvalue weighted by Crippen LogP contribution is 2.08. The zero-order valence-electron chi connectivity index (χ0n) is 17.4. The second-order valence-corrected chi connectivity index (χ2v) is 8.17. The van der Waals surface area contributed by atoms with E-state index in [1.165, 1.54) is 24.3 Å². The molecule has 0 unspecified atom stereocenters. The van der Waals surface area contributed by atoms with Crippen LogP contribution in [0.15, 0.2) is 65.6 Å². The lowest BCUT2D eigenvalue weighted by molar-refractivity contribution is -0.145. The summed E-state index contributed by atoms with van der Waals surface area (Å²) in [6, 6.07) is 15.1. The molecule has 0 radical (unpaired) electrons. The van der Waals surface area contributed by atoms with E-state index < -0.39 is 40.6 Å². The van der Waals surface area contributed by atoms with E-state index in [-0.39, 0.29) is 24.7 Å². The highest BCUT2D eigenvalue weighted by atomic mass is 32.2. The van der Waals surface area contributed by atoms with E-state index in [1.54, 1.807) is 37.3 Å². The van der Waals surface area contributed by atoms with Gasteiger partial charge in [0.15, 0.2) is 0 Å². The predicted octanol–water partition coefficient (Wildman–Crippen LogP) is 0.939. The van der Waals surface area contributed by atoms with Gasteiger partial charge in [0.25, 0.3) is 0 Å². The predicted molar refractivity (Wildman–Crippen MR) is 115 cm³/mol. The Bertz CT molecular complexity index is 999. The quantitative estimate of drug-likeness (QED) is 0.421. The van der Waals surface area contributed by atoms with Gasteiger partial charge in [-0.15, -0.1) is 0 Å². The minimum absolute atomic E-state index is 0.0329. The topological polar surface area (TPSA) is 140 Å². The summed E-state index contributed by atoms with van der Waals surface area (Å²) in [5.41, 5.74) is 0.787. The molecule has 2 amide bonds. The molecule has 10 nitrogen and oxygen atoms in total. The molecule has 32 heavy (non-hydrogen) atoms. The molecule has 1 atom stereocenters. The van der Waals surface area contributed by atoms with Crippen molar-refractivity contribution in [3.05, 3.63) is 66.2 Å². The van der Waals surface area contributed by atoms with Crippen LogP contribution in [0, 0.1) is 0 Å². The van der Waals surface area contributed by atoms with Crippen LogP contribution in [0.2, 0.25) is 0 Å². The molecule has 0 saturated heterocycles. The van der Waals surface area contributed by atoms with Crippen molar-refractivity contribution in [2.45, 2.75) is 24.5 Å². The number of carbonyl (C=O) groups excluding carboxylic acids is 3. The maximum Gasteiger partial charge on any atom is 0.407 e. The van der Waals surface area contributed by atoms with Crippen molar-refractivity contribution in [2.24, 2.45) is 0 Å². The molecule has 0 aliphatic rings. The van der Waals surface area contributed by atoms with Gasteiger partial charge in [-0.3, -0.25) is 9.59 Å². The standard InChI is InChI=1S/C21H25N3O7S/c1-2-30-20(26)18(24-32(28,29)17-11-7-4-8-12-17)13-22-19(25)14-23-21(27)31-15-16-9-5-3-6-10-16/h3-12,18,24H,2,13-15H2,1H3,(H,22,25)(H,23,27)/t18-/m0/s1. The summed E-state index contributed by atoms with van der Waals surface area (Å²) in [4.78, 5) is 35.9. The molecule has 2 aromatic rings. The molecule has 2 rings (SSSR count). The van der Waals surface area contributed by atoms with E-state index in [9.17, 15) is 22.8 Å². The fraction of sp³-hybridized carbons (Fsp3) is 0.286. The number of hydrogen-bond donors (Lipinski definition) is 3. The maximum absolute atomic E-state index is 12.5. The molecule has 0 aliphatic carbocycles. The third-order valence-electron chi connectivity index (χ3n) is 4.03. The Kier molecular flexibility index (Phi) is 9.64. The maximum atomic E-state index is 12.5. The van der Waals surface area contributed by atoms with Crippen LogP contribution in [0.25, 0.3) is 0 Å². The Labute approximate surface area is 186 Å². The first kappa shape index (κ1) is 24.8. The number of esters is 1. The zero-order chi connectivity index (χ0) is 23.4. The first-order chi connectivity index (χ1) is 15.3. The van der Waals surface area contributed by atoms with Crippen LogP contribution in [-0.4, -0.2) is 52.1 Å². The molecule has 0 fully saturated rings. The van der Waals surface area contributed by atoms with Gasteiger partial charge < -0.3 is 20.1 Å². The number of amides is 2. The summed E-state index contributed by atoms with van der Waals surface area (Å²) in [7, 11) is -4.02. The van der Waals surface area contributed by atoms with Gasteiger partial charge >= 0.3 is 12.1 Å². The van der Waals surface area contributed by atoms with Gasteiger partial charge in [-0.1, -0.05) is 48.5 Å². The molecule has 0 saturated carbocycles. The van der Waals surface area contributed by atoms with Crippen molar-refractivity contribution in [3.63, 3.8) is 0 Å². The minimum atomic E-state index is -4.02. The lowest BCUT2D eigenvalue weighted by Crippen LogP contribution is -2.50. The van der Waals surface area contributed by atoms with Gasteiger partial charge in [0.05, 0.1) is 18.0 Å². The Morgan fingerprint density at radius 1 is 0.906 bits per heavy atom. The van der Waals surface area contributed by atoms with E-state index in [1.807, 2.05) is 6.07 Å². The van der Waals surface area contributed by atoms with Gasteiger partial charge in [-0.25, -0.2) is 13.2 Å². The van der Waals surface area contributed by atoms with E-state index in [2.05, 4.69) is 15.4 Å². The highest BCUT2D eigenvalue weighted by molar-refractivity contribution is 7.89. The Morgan fingerprint density at radius 2 is 1.53 bits per heavy atom. The molecular formula is C21H25N3O7S. The summed E-state index contributed by atoms with van der Waals surface area (Å²) in [6.45, 7) is 0.856. The first-order valence-corrected chi connectivity index (χ1v) is 11.3. The molecule has 0 spiro atoms. The van der Waals surface area contributed by atoms with E-state index in [0.29, 0.717) is 0 Å².